The summed E-state index contributed by atoms with van der Waals surface area (Å²) in [6.07, 6.45) is 0.910. The Bertz CT molecular complexity index is 1420. The van der Waals surface area contributed by atoms with E-state index in [2.05, 4.69) is 23.3 Å². The van der Waals surface area contributed by atoms with Gasteiger partial charge >= 0.3 is 0 Å². The van der Waals surface area contributed by atoms with Gasteiger partial charge in [-0.25, -0.2) is 13.4 Å². The Labute approximate surface area is 200 Å². The molecule has 0 saturated carbocycles. The number of fused-ring (bicyclic) bond motifs is 2. The van der Waals surface area contributed by atoms with Gasteiger partial charge in [-0.3, -0.25) is 4.79 Å². The highest BCUT2D eigenvalue weighted by molar-refractivity contribution is 7.91. The standard InChI is InChI=1S/C24H23N3O3S3/c1-3-33(29,30)16-10-8-15(9-11-16)22(28)26-24-21(17-12-13-27(2)14-20(17)32-24)23-25-18-6-4-5-7-19(18)31-23/h4-11H,3,12-14H2,1-2H3,(H,26,28). The number of thiazole rings is 1. The van der Waals surface area contributed by atoms with Crippen LogP contribution in [0.4, 0.5) is 5.00 Å². The molecule has 1 aliphatic heterocycles. The first kappa shape index (κ1) is 22.2. The first-order chi connectivity index (χ1) is 15.9. The lowest BCUT2D eigenvalue weighted by molar-refractivity contribution is 0.102. The van der Waals surface area contributed by atoms with Crippen LogP contribution in [-0.2, 0) is 22.8 Å². The molecule has 4 aromatic rings. The van der Waals surface area contributed by atoms with Crippen LogP contribution in [-0.4, -0.2) is 43.6 Å². The van der Waals surface area contributed by atoms with Crippen LogP contribution in [0.1, 0.15) is 27.7 Å². The van der Waals surface area contributed by atoms with Crippen LogP contribution in [0.3, 0.4) is 0 Å². The fraction of sp³-hybridized carbons (Fsp3) is 0.250. The highest BCUT2D eigenvalue weighted by atomic mass is 32.2. The number of nitrogens with zero attached hydrogens (tertiary/aromatic N) is 2. The van der Waals surface area contributed by atoms with Crippen LogP contribution >= 0.6 is 22.7 Å². The van der Waals surface area contributed by atoms with Gasteiger partial charge in [0.05, 0.1) is 20.9 Å². The van der Waals surface area contributed by atoms with Crippen LogP contribution in [0.5, 0.6) is 0 Å². The number of nitrogens with one attached hydrogen (secondary N) is 1. The number of likely N-dealkylation sites (N-methyl/N-ethyl adjacent to an activating group) is 1. The lowest BCUT2D eigenvalue weighted by atomic mass is 10.0. The van der Waals surface area contributed by atoms with Crippen molar-refractivity contribution in [2.75, 3.05) is 24.7 Å². The van der Waals surface area contributed by atoms with E-state index in [1.54, 1.807) is 41.7 Å². The van der Waals surface area contributed by atoms with Gasteiger partial charge in [0.15, 0.2) is 9.84 Å². The summed E-state index contributed by atoms with van der Waals surface area (Å²) < 4.78 is 25.3. The molecule has 0 radical (unpaired) electrons. The molecule has 0 saturated heterocycles. The number of carbonyl (C=O) groups is 1. The summed E-state index contributed by atoms with van der Waals surface area (Å²) >= 11 is 3.24. The third kappa shape index (κ3) is 4.21. The Kier molecular flexibility index (Phi) is 5.82. The Balaban J connectivity index is 1.52. The molecule has 0 spiro atoms. The minimum absolute atomic E-state index is 0.0270. The molecule has 0 bridgehead atoms. The number of hydrogen-bond acceptors (Lipinski definition) is 7. The summed E-state index contributed by atoms with van der Waals surface area (Å²) in [6, 6.07) is 14.2. The van der Waals surface area contributed by atoms with E-state index in [-0.39, 0.29) is 16.6 Å². The quantitative estimate of drug-likeness (QED) is 0.417. The molecule has 0 fully saturated rings. The minimum Gasteiger partial charge on any atom is -0.313 e. The van der Waals surface area contributed by atoms with Crippen molar-refractivity contribution < 1.29 is 13.2 Å². The molecule has 33 heavy (non-hydrogen) atoms. The van der Waals surface area contributed by atoms with Gasteiger partial charge in [0, 0.05) is 29.1 Å². The molecule has 0 unspecified atom stereocenters. The molecule has 1 amide bonds. The maximum Gasteiger partial charge on any atom is 0.256 e. The van der Waals surface area contributed by atoms with E-state index in [4.69, 9.17) is 4.98 Å². The predicted octanol–water partition coefficient (Wildman–Crippen LogP) is 5.06. The number of thiophene rings is 1. The number of aromatic nitrogens is 1. The van der Waals surface area contributed by atoms with Gasteiger partial charge < -0.3 is 10.2 Å². The molecule has 1 N–H and O–H groups in total. The van der Waals surface area contributed by atoms with Crippen LogP contribution in [0, 0.1) is 0 Å². The summed E-state index contributed by atoms with van der Waals surface area (Å²) in [7, 11) is -1.20. The van der Waals surface area contributed by atoms with Gasteiger partial charge in [0.25, 0.3) is 5.91 Å². The van der Waals surface area contributed by atoms with Gasteiger partial charge in [-0.1, -0.05) is 19.1 Å². The molecular weight excluding hydrogens is 474 g/mol. The van der Waals surface area contributed by atoms with Gasteiger partial charge in [-0.05, 0) is 55.4 Å². The van der Waals surface area contributed by atoms with Crippen LogP contribution in [0.15, 0.2) is 53.4 Å². The third-order valence-corrected chi connectivity index (χ3v) is 9.77. The number of carbonyl (C=O) groups excluding carboxylic acids is 1. The summed E-state index contributed by atoms with van der Waals surface area (Å²) in [6.45, 7) is 3.41. The predicted molar refractivity (Wildman–Crippen MR) is 135 cm³/mol. The fourth-order valence-corrected chi connectivity index (χ4v) is 7.30. The number of benzene rings is 2. The van der Waals surface area contributed by atoms with E-state index in [0.717, 1.165) is 45.3 Å². The number of para-hydroxylation sites is 1. The largest absolute Gasteiger partial charge is 0.313 e. The first-order valence-corrected chi connectivity index (χ1v) is 14.0. The highest BCUT2D eigenvalue weighted by Crippen LogP contribution is 2.45. The number of anilines is 1. The van der Waals surface area contributed by atoms with Crippen LogP contribution < -0.4 is 5.32 Å². The Morgan fingerprint density at radius 1 is 1.12 bits per heavy atom. The molecule has 9 heteroatoms. The zero-order valence-corrected chi connectivity index (χ0v) is 20.7. The van der Waals surface area contributed by atoms with E-state index in [1.165, 1.54) is 22.6 Å². The van der Waals surface area contributed by atoms with Crippen molar-refractivity contribution in [1.82, 2.24) is 9.88 Å². The summed E-state index contributed by atoms with van der Waals surface area (Å²) in [5.41, 5.74) is 3.65. The average Bonchev–Trinajstić information content (AvgIpc) is 3.39. The van der Waals surface area contributed by atoms with Crippen LogP contribution in [0.2, 0.25) is 0 Å². The van der Waals surface area contributed by atoms with Crippen LogP contribution in [0.25, 0.3) is 20.8 Å². The van der Waals surface area contributed by atoms with Crippen molar-refractivity contribution >= 4 is 53.6 Å². The zero-order chi connectivity index (χ0) is 23.2. The fourth-order valence-electron chi connectivity index (χ4n) is 3.98. The Morgan fingerprint density at radius 3 is 2.61 bits per heavy atom. The molecule has 5 rings (SSSR count). The van der Waals surface area contributed by atoms with Crippen molar-refractivity contribution in [1.29, 1.82) is 0 Å². The molecule has 170 valence electrons. The molecule has 0 aliphatic carbocycles. The highest BCUT2D eigenvalue weighted by Gasteiger charge is 2.27. The molecule has 1 aliphatic rings. The first-order valence-electron chi connectivity index (χ1n) is 10.7. The summed E-state index contributed by atoms with van der Waals surface area (Å²) in [5, 5.41) is 4.80. The van der Waals surface area contributed by atoms with E-state index < -0.39 is 9.84 Å². The molecular formula is C24H23N3O3S3. The lowest BCUT2D eigenvalue weighted by Gasteiger charge is -2.22. The van der Waals surface area contributed by atoms with E-state index in [1.807, 2.05) is 18.2 Å². The molecule has 3 heterocycles. The zero-order valence-electron chi connectivity index (χ0n) is 18.3. The Hall–Kier alpha value is -2.59. The SMILES string of the molecule is CCS(=O)(=O)c1ccc(C(=O)Nc2sc3c(c2-c2nc4ccccc4s2)CCN(C)C3)cc1. The van der Waals surface area contributed by atoms with Gasteiger partial charge in [-0.15, -0.1) is 22.7 Å². The van der Waals surface area contributed by atoms with E-state index >= 15 is 0 Å². The van der Waals surface area contributed by atoms with Crippen molar-refractivity contribution in [3.8, 4) is 10.6 Å². The number of sulfone groups is 1. The normalized spacial score (nSPS) is 14.4. The van der Waals surface area contributed by atoms with Gasteiger partial charge in [0.2, 0.25) is 0 Å². The minimum atomic E-state index is -3.30. The average molecular weight is 498 g/mol. The van der Waals surface area contributed by atoms with E-state index in [0.29, 0.717) is 5.56 Å². The van der Waals surface area contributed by atoms with Gasteiger partial charge in [-0.2, -0.15) is 0 Å². The molecule has 2 aromatic carbocycles. The lowest BCUT2D eigenvalue weighted by Crippen LogP contribution is -2.25. The molecule has 6 nitrogen and oxygen atoms in total. The number of amides is 1. The second-order valence-electron chi connectivity index (χ2n) is 8.06. The second kappa shape index (κ2) is 8.64. The maximum absolute atomic E-state index is 13.1. The number of hydrogen-bond donors (Lipinski definition) is 1. The van der Waals surface area contributed by atoms with Gasteiger partial charge in [0.1, 0.15) is 10.0 Å². The maximum atomic E-state index is 13.1. The smallest absolute Gasteiger partial charge is 0.256 e. The topological polar surface area (TPSA) is 79.4 Å². The second-order valence-corrected chi connectivity index (χ2v) is 12.5. The Morgan fingerprint density at radius 2 is 1.88 bits per heavy atom. The van der Waals surface area contributed by atoms with E-state index in [9.17, 15) is 13.2 Å². The number of rotatable bonds is 5. The molecule has 0 atom stereocenters. The third-order valence-electron chi connectivity index (χ3n) is 5.84. The van der Waals surface area contributed by atoms with Crippen molar-refractivity contribution in [3.05, 3.63) is 64.5 Å². The van der Waals surface area contributed by atoms with Crippen molar-refractivity contribution in [3.63, 3.8) is 0 Å². The summed E-state index contributed by atoms with van der Waals surface area (Å²) in [4.78, 5) is 21.7. The summed E-state index contributed by atoms with van der Waals surface area (Å²) in [5.74, 6) is -0.232. The molecule has 2 aromatic heterocycles. The monoisotopic (exact) mass is 497 g/mol. The van der Waals surface area contributed by atoms with Crippen molar-refractivity contribution in [2.24, 2.45) is 0 Å². The van der Waals surface area contributed by atoms with Crippen molar-refractivity contribution in [2.45, 2.75) is 24.8 Å².